The smallest absolute Gasteiger partial charge is 0.412 e. The lowest BCUT2D eigenvalue weighted by molar-refractivity contribution is 0.0636. The molecule has 0 aliphatic rings. The van der Waals surface area contributed by atoms with Gasteiger partial charge in [-0.2, -0.15) is 0 Å². The molecule has 0 fully saturated rings. The minimum Gasteiger partial charge on any atom is -0.444 e. The molecule has 0 radical (unpaired) electrons. The van der Waals surface area contributed by atoms with Crippen LogP contribution in [0.5, 0.6) is 0 Å². The predicted octanol–water partition coefficient (Wildman–Crippen LogP) is 4.61. The van der Waals surface area contributed by atoms with E-state index >= 15 is 0 Å². The van der Waals surface area contributed by atoms with Gasteiger partial charge in [0.15, 0.2) is 11.0 Å². The van der Waals surface area contributed by atoms with E-state index in [2.05, 4.69) is 21.5 Å². The minimum absolute atomic E-state index is 0.0278. The topological polar surface area (TPSA) is 51.2 Å². The first-order valence-electron chi connectivity index (χ1n) is 5.37. The van der Waals surface area contributed by atoms with Crippen molar-refractivity contribution in [3.63, 3.8) is 0 Å². The van der Waals surface area contributed by atoms with Crippen LogP contribution in [-0.4, -0.2) is 16.7 Å². The lowest BCUT2D eigenvalue weighted by Crippen LogP contribution is -2.27. The first-order valence-corrected chi connectivity index (χ1v) is 9.11. The Morgan fingerprint density at radius 1 is 1.60 bits per heavy atom. The highest BCUT2D eigenvalue weighted by atomic mass is 127. The number of amides is 1. The van der Waals surface area contributed by atoms with Crippen LogP contribution in [0.4, 0.5) is 14.9 Å². The molecule has 0 saturated heterocycles. The molecule has 0 saturated carbocycles. The third-order valence-corrected chi connectivity index (χ3v) is 2.93. The average molecular weight is 429 g/mol. The number of carbonyl (C=O) groups is 1. The normalized spacial score (nSPS) is 10.5. The van der Waals surface area contributed by atoms with Crippen LogP contribution in [0.1, 0.15) is 26.3 Å². The van der Waals surface area contributed by atoms with Crippen molar-refractivity contribution < 1.29 is 13.9 Å². The molecule has 0 spiro atoms. The zero-order valence-electron chi connectivity index (χ0n) is 10.9. The summed E-state index contributed by atoms with van der Waals surface area (Å²) in [7, 11) is 1.18. The average Bonchev–Trinajstić information content (AvgIpc) is 2.31. The zero-order chi connectivity index (χ0) is 15.3. The van der Waals surface area contributed by atoms with E-state index in [9.17, 15) is 9.18 Å². The summed E-state index contributed by atoms with van der Waals surface area (Å²) in [4.78, 5) is 15.3. The van der Waals surface area contributed by atoms with Gasteiger partial charge in [-0.25, -0.2) is 14.2 Å². The van der Waals surface area contributed by atoms with E-state index in [0.717, 1.165) is 0 Å². The molecule has 1 amide bonds. The van der Waals surface area contributed by atoms with Crippen LogP contribution in [0, 0.1) is 17.0 Å². The maximum absolute atomic E-state index is 13.9. The van der Waals surface area contributed by atoms with Crippen LogP contribution >= 0.6 is 41.7 Å². The van der Waals surface area contributed by atoms with Crippen LogP contribution in [-0.2, 0) is 4.74 Å². The molecule has 0 aliphatic heterocycles. The SMILES string of the molecule is CC(C)(C)OC(=O)Nc1cnc(Cl)c(F)c1C#CSI. The molecule has 1 rings (SSSR count). The van der Waals surface area contributed by atoms with Gasteiger partial charge in [0.2, 0.25) is 0 Å². The molecule has 0 unspecified atom stereocenters. The number of halogens is 3. The fourth-order valence-electron chi connectivity index (χ4n) is 1.16. The zero-order valence-corrected chi connectivity index (χ0v) is 14.6. The monoisotopic (exact) mass is 428 g/mol. The number of nitrogens with one attached hydrogen (secondary N) is 1. The van der Waals surface area contributed by atoms with Crippen molar-refractivity contribution in [3.05, 3.63) is 22.7 Å². The molecule has 0 bridgehead atoms. The first kappa shape index (κ1) is 17.3. The fraction of sp³-hybridized carbons (Fsp3) is 0.333. The first-order chi connectivity index (χ1) is 9.24. The van der Waals surface area contributed by atoms with E-state index in [1.807, 2.05) is 21.2 Å². The van der Waals surface area contributed by atoms with Gasteiger partial charge >= 0.3 is 6.09 Å². The van der Waals surface area contributed by atoms with Gasteiger partial charge in [-0.15, -0.1) is 0 Å². The number of aromatic nitrogens is 1. The standard InChI is InChI=1S/C12H11ClFIN2O2S/c1-12(2,3)19-11(18)17-8-6-16-10(13)9(14)7(8)4-5-20-15/h6H,1-3H3,(H,17,18). The maximum Gasteiger partial charge on any atom is 0.412 e. The lowest BCUT2D eigenvalue weighted by atomic mass is 10.2. The minimum atomic E-state index is -0.779. The highest BCUT2D eigenvalue weighted by molar-refractivity contribution is 14.2. The number of nitrogens with zero attached hydrogens (tertiary/aromatic N) is 1. The molecule has 108 valence electrons. The molecule has 1 N–H and O–H groups in total. The summed E-state index contributed by atoms with van der Waals surface area (Å²) in [5, 5.41) is 4.73. The number of anilines is 1. The van der Waals surface area contributed by atoms with Gasteiger partial charge in [-0.3, -0.25) is 5.32 Å². The van der Waals surface area contributed by atoms with Crippen LogP contribution in [0.25, 0.3) is 0 Å². The van der Waals surface area contributed by atoms with Gasteiger partial charge in [0.05, 0.1) is 17.4 Å². The fourth-order valence-corrected chi connectivity index (χ4v) is 1.78. The van der Waals surface area contributed by atoms with Gasteiger partial charge in [0, 0.05) is 21.2 Å². The number of hydrogen-bond acceptors (Lipinski definition) is 4. The van der Waals surface area contributed by atoms with Crippen molar-refractivity contribution in [2.45, 2.75) is 26.4 Å². The second-order valence-corrected chi connectivity index (χ2v) is 6.62. The van der Waals surface area contributed by atoms with Crippen molar-refractivity contribution in [1.29, 1.82) is 0 Å². The summed E-state index contributed by atoms with van der Waals surface area (Å²) in [6.45, 7) is 5.17. The van der Waals surface area contributed by atoms with Gasteiger partial charge in [-0.05, 0) is 40.9 Å². The highest BCUT2D eigenvalue weighted by Crippen LogP contribution is 2.23. The molecule has 4 nitrogen and oxygen atoms in total. The molecule has 1 aromatic rings. The van der Waals surface area contributed by atoms with Gasteiger partial charge in [-0.1, -0.05) is 11.6 Å². The molecular formula is C12H11ClFIN2O2S. The quantitative estimate of drug-likeness (QED) is 0.403. The van der Waals surface area contributed by atoms with Crippen LogP contribution in [0.2, 0.25) is 5.15 Å². The molecule has 0 aromatic carbocycles. The number of hydrogen-bond donors (Lipinski definition) is 1. The highest BCUT2D eigenvalue weighted by Gasteiger charge is 2.19. The Morgan fingerprint density at radius 3 is 2.80 bits per heavy atom. The molecule has 8 heteroatoms. The summed E-state index contributed by atoms with van der Waals surface area (Å²) in [5.41, 5.74) is -0.578. The van der Waals surface area contributed by atoms with Crippen molar-refractivity contribution in [2.24, 2.45) is 0 Å². The van der Waals surface area contributed by atoms with Gasteiger partial charge in [0.1, 0.15) is 5.60 Å². The van der Waals surface area contributed by atoms with E-state index in [1.165, 1.54) is 15.1 Å². The molecule has 0 aliphatic carbocycles. The number of carbonyl (C=O) groups excluding carboxylic acids is 1. The second kappa shape index (κ2) is 7.33. The summed E-state index contributed by atoms with van der Waals surface area (Å²) in [6.07, 6.45) is 0.517. The van der Waals surface area contributed by atoms with E-state index in [-0.39, 0.29) is 16.4 Å². The summed E-state index contributed by atoms with van der Waals surface area (Å²) in [6, 6.07) is 0. The summed E-state index contributed by atoms with van der Waals surface area (Å²) >= 11 is 7.55. The van der Waals surface area contributed by atoms with E-state index in [4.69, 9.17) is 16.3 Å². The number of ether oxygens (including phenoxy) is 1. The van der Waals surface area contributed by atoms with Crippen molar-refractivity contribution in [2.75, 3.05) is 5.32 Å². The number of pyridine rings is 1. The van der Waals surface area contributed by atoms with E-state index in [0.29, 0.717) is 0 Å². The number of rotatable bonds is 1. The molecule has 0 atom stereocenters. The third kappa shape index (κ3) is 5.34. The van der Waals surface area contributed by atoms with E-state index < -0.39 is 17.5 Å². The molecule has 1 heterocycles. The van der Waals surface area contributed by atoms with Crippen LogP contribution in [0.3, 0.4) is 0 Å². The van der Waals surface area contributed by atoms with Crippen molar-refractivity contribution in [1.82, 2.24) is 4.98 Å². The Morgan fingerprint density at radius 2 is 2.25 bits per heavy atom. The van der Waals surface area contributed by atoms with Crippen LogP contribution in [0.15, 0.2) is 6.20 Å². The Hall–Kier alpha value is -0.720. The summed E-state index contributed by atoms with van der Waals surface area (Å²) < 4.78 is 19.0. The second-order valence-electron chi connectivity index (χ2n) is 4.58. The molecular weight excluding hydrogens is 418 g/mol. The van der Waals surface area contributed by atoms with E-state index in [1.54, 1.807) is 20.8 Å². The predicted molar refractivity (Wildman–Crippen MR) is 87.6 cm³/mol. The summed E-state index contributed by atoms with van der Waals surface area (Å²) in [5.74, 6) is 1.80. The van der Waals surface area contributed by atoms with Crippen LogP contribution < -0.4 is 5.32 Å². The molecule has 1 aromatic heterocycles. The lowest BCUT2D eigenvalue weighted by Gasteiger charge is -2.20. The van der Waals surface area contributed by atoms with Gasteiger partial charge < -0.3 is 4.74 Å². The van der Waals surface area contributed by atoms with Crippen molar-refractivity contribution in [3.8, 4) is 11.2 Å². The Kier molecular flexibility index (Phi) is 6.36. The Labute approximate surface area is 137 Å². The van der Waals surface area contributed by atoms with Gasteiger partial charge in [0.25, 0.3) is 0 Å². The molecule has 20 heavy (non-hydrogen) atoms. The third-order valence-electron chi connectivity index (χ3n) is 1.83. The largest absolute Gasteiger partial charge is 0.444 e. The Balaban J connectivity index is 3.06. The maximum atomic E-state index is 13.9. The van der Waals surface area contributed by atoms with Crippen molar-refractivity contribution >= 4 is 53.5 Å². The Bertz CT molecular complexity index is 581.